The molecule has 0 aromatic heterocycles. The molecule has 0 rings (SSSR count). The Morgan fingerprint density at radius 2 is 0.958 bits per heavy atom. The van der Waals surface area contributed by atoms with Crippen LogP contribution in [-0.2, 0) is 9.53 Å². The molecule has 0 aliphatic rings. The highest BCUT2D eigenvalue weighted by Gasteiger charge is 2.11. The van der Waals surface area contributed by atoms with Crippen LogP contribution >= 0.6 is 0 Å². The second kappa shape index (κ2) is 18.8. The molecule has 0 amide bonds. The molecule has 0 saturated heterocycles. The molecule has 0 aliphatic heterocycles. The maximum atomic E-state index is 11.3. The summed E-state index contributed by atoms with van der Waals surface area (Å²) >= 11 is 0. The molecule has 0 aromatic rings. The smallest absolute Gasteiger partial charge is 0.302 e. The molecule has 24 heavy (non-hydrogen) atoms. The van der Waals surface area contributed by atoms with Gasteiger partial charge in [-0.25, -0.2) is 0 Å². The number of hydrogen-bond acceptors (Lipinski definition) is 2. The van der Waals surface area contributed by atoms with Crippen molar-refractivity contribution in [2.24, 2.45) is 0 Å². The lowest BCUT2D eigenvalue weighted by Gasteiger charge is -2.17. The van der Waals surface area contributed by atoms with Gasteiger partial charge in [0.25, 0.3) is 0 Å². The van der Waals surface area contributed by atoms with Crippen LogP contribution in [-0.4, -0.2) is 12.1 Å². The van der Waals surface area contributed by atoms with E-state index < -0.39 is 0 Å². The quantitative estimate of drug-likeness (QED) is 0.190. The van der Waals surface area contributed by atoms with Crippen LogP contribution in [0.25, 0.3) is 0 Å². The molecule has 2 heteroatoms. The lowest BCUT2D eigenvalue weighted by Crippen LogP contribution is -2.16. The Morgan fingerprint density at radius 3 is 1.29 bits per heavy atom. The first kappa shape index (κ1) is 23.5. The SMILES string of the molecule is CCCCCCCCCCC(CCCCCCCCC)OC(C)=O. The molecule has 144 valence electrons. The van der Waals surface area contributed by atoms with Gasteiger partial charge in [0.1, 0.15) is 6.10 Å². The van der Waals surface area contributed by atoms with E-state index in [9.17, 15) is 4.79 Å². The zero-order valence-corrected chi connectivity index (χ0v) is 16.9. The number of hydrogen-bond donors (Lipinski definition) is 0. The third-order valence-electron chi connectivity index (χ3n) is 4.84. The van der Waals surface area contributed by atoms with E-state index in [-0.39, 0.29) is 12.1 Å². The summed E-state index contributed by atoms with van der Waals surface area (Å²) in [5.41, 5.74) is 0. The van der Waals surface area contributed by atoms with Gasteiger partial charge in [0.15, 0.2) is 0 Å². The number of esters is 1. The standard InChI is InChI=1S/C22H44O2/c1-4-6-8-10-12-14-16-18-20-22(24-21(3)23)19-17-15-13-11-9-7-5-2/h22H,4-20H2,1-3H3. The van der Waals surface area contributed by atoms with Gasteiger partial charge in [-0.15, -0.1) is 0 Å². The molecule has 0 saturated carbocycles. The van der Waals surface area contributed by atoms with Crippen molar-refractivity contribution in [1.82, 2.24) is 0 Å². The van der Waals surface area contributed by atoms with Crippen molar-refractivity contribution in [3.05, 3.63) is 0 Å². The van der Waals surface area contributed by atoms with Crippen molar-refractivity contribution in [2.45, 2.75) is 136 Å². The number of unbranched alkanes of at least 4 members (excludes halogenated alkanes) is 13. The predicted octanol–water partition coefficient (Wildman–Crippen LogP) is 7.59. The highest BCUT2D eigenvalue weighted by atomic mass is 16.5. The summed E-state index contributed by atoms with van der Waals surface area (Å²) in [7, 11) is 0. The van der Waals surface area contributed by atoms with Gasteiger partial charge >= 0.3 is 5.97 Å². The zero-order valence-electron chi connectivity index (χ0n) is 16.9. The molecule has 0 bridgehead atoms. The van der Waals surface area contributed by atoms with Crippen LogP contribution in [0, 0.1) is 0 Å². The first-order chi connectivity index (χ1) is 11.7. The average molecular weight is 341 g/mol. The van der Waals surface area contributed by atoms with Crippen LogP contribution in [0.15, 0.2) is 0 Å². The van der Waals surface area contributed by atoms with Crippen LogP contribution in [0.1, 0.15) is 130 Å². The van der Waals surface area contributed by atoms with Gasteiger partial charge < -0.3 is 4.74 Å². The topological polar surface area (TPSA) is 26.3 Å². The Morgan fingerprint density at radius 1 is 0.625 bits per heavy atom. The predicted molar refractivity (Wildman–Crippen MR) is 105 cm³/mol. The highest BCUT2D eigenvalue weighted by molar-refractivity contribution is 5.66. The molecule has 1 atom stereocenters. The Balaban J connectivity index is 3.61. The molecule has 0 fully saturated rings. The van der Waals surface area contributed by atoms with Crippen molar-refractivity contribution in [1.29, 1.82) is 0 Å². The minimum atomic E-state index is -0.109. The summed E-state index contributed by atoms with van der Waals surface area (Å²) < 4.78 is 5.52. The van der Waals surface area contributed by atoms with Crippen LogP contribution in [0.4, 0.5) is 0 Å². The maximum absolute atomic E-state index is 11.3. The van der Waals surface area contributed by atoms with E-state index >= 15 is 0 Å². The first-order valence-corrected chi connectivity index (χ1v) is 10.9. The van der Waals surface area contributed by atoms with Crippen LogP contribution in [0.5, 0.6) is 0 Å². The van der Waals surface area contributed by atoms with Crippen LogP contribution < -0.4 is 0 Å². The third kappa shape index (κ3) is 17.8. The fourth-order valence-corrected chi connectivity index (χ4v) is 3.33. The summed E-state index contributed by atoms with van der Waals surface area (Å²) in [4.78, 5) is 11.3. The number of rotatable bonds is 18. The molecule has 2 nitrogen and oxygen atoms in total. The molecule has 0 N–H and O–H groups in total. The Bertz CT molecular complexity index is 263. The Hall–Kier alpha value is -0.530. The lowest BCUT2D eigenvalue weighted by atomic mass is 10.0. The van der Waals surface area contributed by atoms with Crippen molar-refractivity contribution >= 4 is 5.97 Å². The Kier molecular flexibility index (Phi) is 18.4. The fraction of sp³-hybridized carbons (Fsp3) is 0.955. The summed E-state index contributed by atoms with van der Waals surface area (Å²) in [6.45, 7) is 6.07. The van der Waals surface area contributed by atoms with Gasteiger partial charge in [-0.05, 0) is 25.7 Å². The van der Waals surface area contributed by atoms with Crippen LogP contribution in [0.3, 0.4) is 0 Å². The molecular weight excluding hydrogens is 296 g/mol. The normalized spacial score (nSPS) is 12.3. The summed E-state index contributed by atoms with van der Waals surface area (Å²) in [6, 6.07) is 0. The maximum Gasteiger partial charge on any atom is 0.302 e. The van der Waals surface area contributed by atoms with E-state index in [1.165, 1.54) is 96.3 Å². The highest BCUT2D eigenvalue weighted by Crippen LogP contribution is 2.17. The first-order valence-electron chi connectivity index (χ1n) is 10.9. The van der Waals surface area contributed by atoms with E-state index in [1.807, 2.05) is 0 Å². The molecule has 0 radical (unpaired) electrons. The van der Waals surface area contributed by atoms with Crippen molar-refractivity contribution in [3.8, 4) is 0 Å². The Labute approximate surface area is 152 Å². The van der Waals surface area contributed by atoms with E-state index in [0.717, 1.165) is 12.8 Å². The average Bonchev–Trinajstić information content (AvgIpc) is 2.55. The summed E-state index contributed by atoms with van der Waals surface area (Å²) in [6.07, 6.45) is 22.2. The van der Waals surface area contributed by atoms with E-state index in [1.54, 1.807) is 6.92 Å². The monoisotopic (exact) mass is 340 g/mol. The van der Waals surface area contributed by atoms with Gasteiger partial charge in [0.05, 0.1) is 0 Å². The van der Waals surface area contributed by atoms with Gasteiger partial charge in [-0.2, -0.15) is 0 Å². The van der Waals surface area contributed by atoms with E-state index in [0.29, 0.717) is 0 Å². The van der Waals surface area contributed by atoms with Crippen molar-refractivity contribution in [3.63, 3.8) is 0 Å². The third-order valence-corrected chi connectivity index (χ3v) is 4.84. The molecule has 0 spiro atoms. The largest absolute Gasteiger partial charge is 0.463 e. The van der Waals surface area contributed by atoms with Gasteiger partial charge in [0.2, 0.25) is 0 Å². The molecular formula is C22H44O2. The number of carbonyl (C=O) groups excluding carboxylic acids is 1. The molecule has 0 aliphatic carbocycles. The second-order valence-corrected chi connectivity index (χ2v) is 7.40. The van der Waals surface area contributed by atoms with Gasteiger partial charge in [-0.1, -0.05) is 97.3 Å². The number of carbonyl (C=O) groups is 1. The second-order valence-electron chi connectivity index (χ2n) is 7.40. The minimum absolute atomic E-state index is 0.109. The van der Waals surface area contributed by atoms with Crippen LogP contribution in [0.2, 0.25) is 0 Å². The molecule has 0 heterocycles. The van der Waals surface area contributed by atoms with Crippen molar-refractivity contribution < 1.29 is 9.53 Å². The van der Waals surface area contributed by atoms with Crippen molar-refractivity contribution in [2.75, 3.05) is 0 Å². The van der Waals surface area contributed by atoms with Gasteiger partial charge in [0, 0.05) is 6.92 Å². The van der Waals surface area contributed by atoms with E-state index in [4.69, 9.17) is 4.74 Å². The minimum Gasteiger partial charge on any atom is -0.463 e. The summed E-state index contributed by atoms with van der Waals surface area (Å²) in [5.74, 6) is -0.109. The number of ether oxygens (including phenoxy) is 1. The zero-order chi connectivity index (χ0) is 17.9. The fourth-order valence-electron chi connectivity index (χ4n) is 3.33. The molecule has 1 unspecified atom stereocenters. The van der Waals surface area contributed by atoms with E-state index in [2.05, 4.69) is 13.8 Å². The lowest BCUT2D eigenvalue weighted by molar-refractivity contribution is -0.147. The molecule has 0 aromatic carbocycles. The van der Waals surface area contributed by atoms with Gasteiger partial charge in [-0.3, -0.25) is 4.79 Å². The summed E-state index contributed by atoms with van der Waals surface area (Å²) in [5, 5.41) is 0.